The molecule has 0 saturated carbocycles. The van der Waals surface area contributed by atoms with E-state index in [4.69, 9.17) is 9.47 Å². The monoisotopic (exact) mass is 429 g/mol. The largest absolute Gasteiger partial charge is 0.497 e. The van der Waals surface area contributed by atoms with Crippen LogP contribution in [0.2, 0.25) is 0 Å². The molecule has 32 heavy (non-hydrogen) atoms. The number of pyridine rings is 1. The molecule has 0 aliphatic carbocycles. The number of carbonyl (C=O) groups excluding carboxylic acids is 1. The number of benzene rings is 2. The zero-order chi connectivity index (χ0) is 22.1. The lowest BCUT2D eigenvalue weighted by molar-refractivity contribution is -0.949. The summed E-state index contributed by atoms with van der Waals surface area (Å²) in [4.78, 5) is 19.2. The number of rotatable bonds is 6. The number of hydrogen-bond acceptors (Lipinski definition) is 4. The van der Waals surface area contributed by atoms with Crippen LogP contribution in [0.5, 0.6) is 5.75 Å². The molecule has 2 aromatic carbocycles. The van der Waals surface area contributed by atoms with Gasteiger partial charge in [-0.15, -0.1) is 6.58 Å². The Morgan fingerprint density at radius 3 is 2.78 bits per heavy atom. The summed E-state index contributed by atoms with van der Waals surface area (Å²) in [5.74, 6) is 1.61. The molecule has 5 heteroatoms. The van der Waals surface area contributed by atoms with Gasteiger partial charge in [0.25, 0.3) is 0 Å². The summed E-state index contributed by atoms with van der Waals surface area (Å²) in [6, 6.07) is 17.3. The van der Waals surface area contributed by atoms with E-state index in [1.807, 2.05) is 48.7 Å². The SMILES string of the molecule is C=C[C@H]1C[NH+]2CC[C@@H]1C[C@H]2[C@H](OC(=O)c1ccccc1)c1ccnc2ccc(OC)cc12. The number of ether oxygens (including phenoxy) is 2. The smallest absolute Gasteiger partial charge is 0.338 e. The van der Waals surface area contributed by atoms with Gasteiger partial charge in [-0.05, 0) is 42.3 Å². The molecule has 1 aromatic heterocycles. The molecule has 1 N–H and O–H groups in total. The van der Waals surface area contributed by atoms with Crippen molar-refractivity contribution in [2.24, 2.45) is 11.8 Å². The van der Waals surface area contributed by atoms with Crippen LogP contribution in [0.4, 0.5) is 0 Å². The number of piperidine rings is 3. The third-order valence-electron chi connectivity index (χ3n) is 7.22. The summed E-state index contributed by atoms with van der Waals surface area (Å²) in [6.45, 7) is 6.21. The first-order valence-corrected chi connectivity index (χ1v) is 11.3. The molecule has 0 radical (unpaired) electrons. The fourth-order valence-corrected chi connectivity index (χ4v) is 5.53. The lowest BCUT2D eigenvalue weighted by Gasteiger charge is -2.48. The van der Waals surface area contributed by atoms with Gasteiger partial charge in [0.05, 0.1) is 31.3 Å². The van der Waals surface area contributed by atoms with E-state index in [0.29, 0.717) is 17.4 Å². The second-order valence-electron chi connectivity index (χ2n) is 8.88. The molecule has 3 saturated heterocycles. The van der Waals surface area contributed by atoms with Crippen molar-refractivity contribution in [1.82, 2.24) is 4.98 Å². The molecule has 1 unspecified atom stereocenters. The Kier molecular flexibility index (Phi) is 5.66. The Morgan fingerprint density at radius 2 is 2.06 bits per heavy atom. The number of quaternary nitrogens is 1. The molecule has 3 aromatic rings. The summed E-state index contributed by atoms with van der Waals surface area (Å²) in [5, 5.41) is 0.972. The van der Waals surface area contributed by atoms with Crippen molar-refractivity contribution in [2.45, 2.75) is 25.0 Å². The third kappa shape index (κ3) is 3.78. The average molecular weight is 430 g/mol. The van der Waals surface area contributed by atoms with E-state index in [9.17, 15) is 4.79 Å². The van der Waals surface area contributed by atoms with Gasteiger partial charge >= 0.3 is 5.97 Å². The second kappa shape index (κ2) is 8.75. The maximum atomic E-state index is 13.2. The molecule has 0 spiro atoms. The maximum Gasteiger partial charge on any atom is 0.338 e. The van der Waals surface area contributed by atoms with Crippen LogP contribution in [0.3, 0.4) is 0 Å². The van der Waals surface area contributed by atoms with Crippen molar-refractivity contribution in [3.63, 3.8) is 0 Å². The van der Waals surface area contributed by atoms with Gasteiger partial charge in [-0.3, -0.25) is 4.98 Å². The van der Waals surface area contributed by atoms with Crippen molar-refractivity contribution in [2.75, 3.05) is 20.2 Å². The zero-order valence-corrected chi connectivity index (χ0v) is 18.4. The molecular weight excluding hydrogens is 400 g/mol. The fraction of sp³-hybridized carbons (Fsp3) is 0.333. The van der Waals surface area contributed by atoms with Crippen molar-refractivity contribution in [1.29, 1.82) is 0 Å². The Hall–Kier alpha value is -3.18. The molecule has 0 amide bonds. The number of methoxy groups -OCH3 is 1. The van der Waals surface area contributed by atoms with Crippen LogP contribution in [0.15, 0.2) is 73.4 Å². The van der Waals surface area contributed by atoms with Gasteiger partial charge in [0.15, 0.2) is 6.10 Å². The third-order valence-corrected chi connectivity index (χ3v) is 7.22. The Bertz CT molecular complexity index is 1130. The first kappa shape index (κ1) is 20.7. The van der Waals surface area contributed by atoms with E-state index in [1.54, 1.807) is 19.2 Å². The first-order chi connectivity index (χ1) is 15.7. The van der Waals surface area contributed by atoms with Crippen LogP contribution in [0.1, 0.15) is 34.9 Å². The van der Waals surface area contributed by atoms with Crippen LogP contribution in [-0.2, 0) is 4.74 Å². The van der Waals surface area contributed by atoms with E-state index in [0.717, 1.165) is 41.7 Å². The standard InChI is InChI=1S/C27H28N2O3/c1-3-18-17-29-14-12-20(18)15-25(29)26(32-27(30)19-7-5-4-6-8-19)22-11-13-28-24-10-9-21(31-2)16-23(22)24/h3-11,13,16,18,20,25-26H,1,12,14-15,17H2,2H3/p+1/t18-,20+,25-,26+/m0/s1. The molecule has 164 valence electrons. The van der Waals surface area contributed by atoms with E-state index in [-0.39, 0.29) is 18.1 Å². The van der Waals surface area contributed by atoms with Gasteiger partial charge in [0.1, 0.15) is 11.8 Å². The van der Waals surface area contributed by atoms with Gasteiger partial charge in [0.2, 0.25) is 0 Å². The van der Waals surface area contributed by atoms with E-state index < -0.39 is 0 Å². The predicted octanol–water partition coefficient (Wildman–Crippen LogP) is 3.62. The number of nitrogens with one attached hydrogen (secondary N) is 1. The lowest BCUT2D eigenvalue weighted by atomic mass is 9.73. The highest BCUT2D eigenvalue weighted by Crippen LogP contribution is 2.37. The van der Waals surface area contributed by atoms with Gasteiger partial charge in [-0.1, -0.05) is 24.3 Å². The van der Waals surface area contributed by atoms with Gasteiger partial charge < -0.3 is 14.4 Å². The van der Waals surface area contributed by atoms with Gasteiger partial charge in [-0.2, -0.15) is 0 Å². The van der Waals surface area contributed by atoms with Crippen LogP contribution in [-0.4, -0.2) is 37.2 Å². The topological polar surface area (TPSA) is 52.9 Å². The highest BCUT2D eigenvalue weighted by molar-refractivity contribution is 5.90. The van der Waals surface area contributed by atoms with Crippen molar-refractivity contribution in [3.8, 4) is 5.75 Å². The fourth-order valence-electron chi connectivity index (χ4n) is 5.53. The maximum absolute atomic E-state index is 13.2. The summed E-state index contributed by atoms with van der Waals surface area (Å²) in [5.41, 5.74) is 2.45. The number of hydrogen-bond donors (Lipinski definition) is 1. The minimum Gasteiger partial charge on any atom is -0.497 e. The summed E-state index contributed by atoms with van der Waals surface area (Å²) in [7, 11) is 1.66. The zero-order valence-electron chi connectivity index (χ0n) is 18.4. The van der Waals surface area contributed by atoms with Crippen molar-refractivity contribution < 1.29 is 19.2 Å². The predicted molar refractivity (Wildman–Crippen MR) is 124 cm³/mol. The Balaban J connectivity index is 1.57. The number of aromatic nitrogens is 1. The molecule has 5 nitrogen and oxygen atoms in total. The number of nitrogens with zero attached hydrogens (tertiary/aromatic N) is 1. The molecule has 3 aliphatic rings. The second-order valence-corrected chi connectivity index (χ2v) is 8.88. The van der Waals surface area contributed by atoms with Gasteiger partial charge in [-0.25, -0.2) is 4.79 Å². The van der Waals surface area contributed by atoms with E-state index >= 15 is 0 Å². The van der Waals surface area contributed by atoms with Crippen LogP contribution in [0.25, 0.3) is 10.9 Å². The molecule has 6 rings (SSSR count). The minimum absolute atomic E-state index is 0.203. The Labute approximate surface area is 188 Å². The van der Waals surface area contributed by atoms with Crippen LogP contribution < -0.4 is 9.64 Å². The summed E-state index contributed by atoms with van der Waals surface area (Å²) >= 11 is 0. The number of fused-ring (bicyclic) bond motifs is 4. The average Bonchev–Trinajstić information content (AvgIpc) is 2.87. The van der Waals surface area contributed by atoms with E-state index in [2.05, 4.69) is 17.6 Å². The quantitative estimate of drug-likeness (QED) is 0.480. The van der Waals surface area contributed by atoms with Crippen LogP contribution in [0, 0.1) is 11.8 Å². The molecule has 3 aliphatic heterocycles. The number of esters is 1. The minimum atomic E-state index is -0.358. The van der Waals surface area contributed by atoms with Gasteiger partial charge in [0, 0.05) is 35.9 Å². The molecule has 4 heterocycles. The molecule has 3 fully saturated rings. The molecule has 2 bridgehead atoms. The first-order valence-electron chi connectivity index (χ1n) is 11.3. The highest BCUT2D eigenvalue weighted by atomic mass is 16.5. The normalized spacial score (nSPS) is 25.3. The number of carbonyl (C=O) groups is 1. The van der Waals surface area contributed by atoms with Crippen molar-refractivity contribution >= 4 is 16.9 Å². The summed E-state index contributed by atoms with van der Waals surface area (Å²) < 4.78 is 11.8. The van der Waals surface area contributed by atoms with Crippen LogP contribution >= 0.6 is 0 Å². The molecule has 5 atom stereocenters. The Morgan fingerprint density at radius 1 is 1.22 bits per heavy atom. The molecular formula is C27H29N2O3+. The van der Waals surface area contributed by atoms with Crippen molar-refractivity contribution in [3.05, 3.63) is 84.6 Å². The summed E-state index contributed by atoms with van der Waals surface area (Å²) in [6.07, 6.45) is 5.78. The lowest BCUT2D eigenvalue weighted by Crippen LogP contribution is -3.20. The highest BCUT2D eigenvalue weighted by Gasteiger charge is 2.47. The van der Waals surface area contributed by atoms with E-state index in [1.165, 1.54) is 11.3 Å².